The SMILES string of the molecule is CCCCNC(=O)c1ccc(NC(=O)CNc2cccc(C)c2C)cc1. The molecule has 2 aromatic rings. The monoisotopic (exact) mass is 353 g/mol. The maximum atomic E-state index is 12.1. The molecule has 0 atom stereocenters. The highest BCUT2D eigenvalue weighted by atomic mass is 16.2. The van der Waals surface area contributed by atoms with E-state index in [1.165, 1.54) is 5.56 Å². The second-order valence-electron chi connectivity index (χ2n) is 6.34. The van der Waals surface area contributed by atoms with Gasteiger partial charge in [-0.15, -0.1) is 0 Å². The number of unbranched alkanes of at least 4 members (excludes halogenated alkanes) is 1. The van der Waals surface area contributed by atoms with E-state index in [0.717, 1.165) is 24.1 Å². The molecule has 0 radical (unpaired) electrons. The molecule has 3 N–H and O–H groups in total. The van der Waals surface area contributed by atoms with E-state index in [1.54, 1.807) is 24.3 Å². The molecule has 0 aliphatic heterocycles. The van der Waals surface area contributed by atoms with Crippen molar-refractivity contribution in [2.45, 2.75) is 33.6 Å². The highest BCUT2D eigenvalue weighted by Gasteiger charge is 2.07. The van der Waals surface area contributed by atoms with Gasteiger partial charge < -0.3 is 16.0 Å². The summed E-state index contributed by atoms with van der Waals surface area (Å²) < 4.78 is 0. The molecular weight excluding hydrogens is 326 g/mol. The van der Waals surface area contributed by atoms with Crippen molar-refractivity contribution in [2.24, 2.45) is 0 Å². The summed E-state index contributed by atoms with van der Waals surface area (Å²) in [5.74, 6) is -0.223. The first kappa shape index (κ1) is 19.5. The van der Waals surface area contributed by atoms with Gasteiger partial charge in [0.15, 0.2) is 0 Å². The van der Waals surface area contributed by atoms with Crippen LogP contribution < -0.4 is 16.0 Å². The van der Waals surface area contributed by atoms with Crippen molar-refractivity contribution >= 4 is 23.2 Å². The van der Waals surface area contributed by atoms with Crippen LogP contribution in [-0.2, 0) is 4.79 Å². The molecule has 0 saturated heterocycles. The van der Waals surface area contributed by atoms with Crippen LogP contribution in [-0.4, -0.2) is 24.9 Å². The van der Waals surface area contributed by atoms with Crippen LogP contribution >= 0.6 is 0 Å². The Morgan fingerprint density at radius 1 is 1.00 bits per heavy atom. The standard InChI is InChI=1S/C21H27N3O2/c1-4-5-13-22-21(26)17-9-11-18(12-10-17)24-20(25)14-23-19-8-6-7-15(2)16(19)3/h6-12,23H,4-5,13-14H2,1-3H3,(H,22,26)(H,24,25). The molecule has 2 amide bonds. The number of hydrogen-bond donors (Lipinski definition) is 3. The Kier molecular flexibility index (Phi) is 7.21. The minimum absolute atomic E-state index is 0.0899. The Labute approximate surface area is 155 Å². The number of amides is 2. The summed E-state index contributed by atoms with van der Waals surface area (Å²) in [4.78, 5) is 24.1. The first-order valence-electron chi connectivity index (χ1n) is 8.99. The van der Waals surface area contributed by atoms with E-state index >= 15 is 0 Å². The lowest BCUT2D eigenvalue weighted by Gasteiger charge is -2.12. The number of aryl methyl sites for hydroxylation is 1. The predicted molar refractivity (Wildman–Crippen MR) is 107 cm³/mol. The zero-order valence-electron chi connectivity index (χ0n) is 15.7. The van der Waals surface area contributed by atoms with E-state index in [-0.39, 0.29) is 18.4 Å². The fraction of sp³-hybridized carbons (Fsp3) is 0.333. The third kappa shape index (κ3) is 5.62. The second-order valence-corrected chi connectivity index (χ2v) is 6.34. The van der Waals surface area contributed by atoms with Crippen molar-refractivity contribution in [1.82, 2.24) is 5.32 Å². The number of rotatable bonds is 8. The highest BCUT2D eigenvalue weighted by molar-refractivity contribution is 5.96. The molecule has 0 aromatic heterocycles. The van der Waals surface area contributed by atoms with Crippen LogP contribution in [0.5, 0.6) is 0 Å². The van der Waals surface area contributed by atoms with Crippen molar-refractivity contribution in [1.29, 1.82) is 0 Å². The molecule has 2 aromatic carbocycles. The molecule has 0 saturated carbocycles. The van der Waals surface area contributed by atoms with Gasteiger partial charge in [0.1, 0.15) is 0 Å². The van der Waals surface area contributed by atoms with Gasteiger partial charge in [0, 0.05) is 23.5 Å². The summed E-state index contributed by atoms with van der Waals surface area (Å²) in [7, 11) is 0. The van der Waals surface area contributed by atoms with Crippen LogP contribution in [0.4, 0.5) is 11.4 Å². The van der Waals surface area contributed by atoms with Crippen molar-refractivity contribution in [2.75, 3.05) is 23.7 Å². The Bertz CT molecular complexity index is 754. The summed E-state index contributed by atoms with van der Waals surface area (Å²) in [6.45, 7) is 7.01. The zero-order valence-corrected chi connectivity index (χ0v) is 15.7. The van der Waals surface area contributed by atoms with Crippen LogP contribution in [0.3, 0.4) is 0 Å². The molecule has 5 heteroatoms. The van der Waals surface area contributed by atoms with Crippen LogP contribution in [0.15, 0.2) is 42.5 Å². The predicted octanol–water partition coefficient (Wildman–Crippen LogP) is 3.88. The summed E-state index contributed by atoms with van der Waals surface area (Å²) in [6, 6.07) is 12.9. The molecule has 5 nitrogen and oxygen atoms in total. The Morgan fingerprint density at radius 2 is 1.73 bits per heavy atom. The quantitative estimate of drug-likeness (QED) is 0.631. The van der Waals surface area contributed by atoms with Gasteiger partial charge in [0.05, 0.1) is 6.54 Å². The normalized spacial score (nSPS) is 10.3. The van der Waals surface area contributed by atoms with Crippen LogP contribution in [0.2, 0.25) is 0 Å². The lowest BCUT2D eigenvalue weighted by molar-refractivity contribution is -0.114. The summed E-state index contributed by atoms with van der Waals surface area (Å²) in [5, 5.41) is 8.86. The van der Waals surface area contributed by atoms with Gasteiger partial charge >= 0.3 is 0 Å². The third-order valence-corrected chi connectivity index (χ3v) is 4.29. The second kappa shape index (κ2) is 9.61. The molecule has 0 aliphatic rings. The smallest absolute Gasteiger partial charge is 0.251 e. The number of carbonyl (C=O) groups is 2. The Morgan fingerprint density at radius 3 is 2.42 bits per heavy atom. The highest BCUT2D eigenvalue weighted by Crippen LogP contribution is 2.17. The van der Waals surface area contributed by atoms with Crippen LogP contribution in [0.25, 0.3) is 0 Å². The lowest BCUT2D eigenvalue weighted by atomic mass is 10.1. The minimum atomic E-state index is -0.133. The van der Waals surface area contributed by atoms with E-state index in [9.17, 15) is 9.59 Å². The molecule has 2 rings (SSSR count). The number of anilines is 2. The number of nitrogens with one attached hydrogen (secondary N) is 3. The zero-order chi connectivity index (χ0) is 18.9. The van der Waals surface area contributed by atoms with Gasteiger partial charge in [-0.25, -0.2) is 0 Å². The average Bonchev–Trinajstić information content (AvgIpc) is 2.63. The molecule has 0 heterocycles. The average molecular weight is 353 g/mol. The summed E-state index contributed by atoms with van der Waals surface area (Å²) in [6.07, 6.45) is 2.01. The van der Waals surface area contributed by atoms with Crippen molar-refractivity contribution in [3.8, 4) is 0 Å². The lowest BCUT2D eigenvalue weighted by Crippen LogP contribution is -2.24. The molecule has 26 heavy (non-hydrogen) atoms. The van der Waals surface area contributed by atoms with Gasteiger partial charge in [-0.3, -0.25) is 9.59 Å². The molecule has 0 bridgehead atoms. The van der Waals surface area contributed by atoms with Gasteiger partial charge in [-0.2, -0.15) is 0 Å². The molecule has 0 aliphatic carbocycles. The van der Waals surface area contributed by atoms with E-state index in [0.29, 0.717) is 17.8 Å². The molecule has 0 unspecified atom stereocenters. The van der Waals surface area contributed by atoms with E-state index in [2.05, 4.69) is 22.9 Å². The first-order chi connectivity index (χ1) is 12.5. The summed E-state index contributed by atoms with van der Waals surface area (Å²) >= 11 is 0. The van der Waals surface area contributed by atoms with Gasteiger partial charge in [0.2, 0.25) is 5.91 Å². The molecule has 0 spiro atoms. The van der Waals surface area contributed by atoms with E-state index < -0.39 is 0 Å². The van der Waals surface area contributed by atoms with Gasteiger partial charge in [-0.05, 0) is 61.7 Å². The fourth-order valence-electron chi connectivity index (χ4n) is 2.51. The fourth-order valence-corrected chi connectivity index (χ4v) is 2.51. The molecule has 138 valence electrons. The van der Waals surface area contributed by atoms with Crippen LogP contribution in [0.1, 0.15) is 41.3 Å². The number of carbonyl (C=O) groups excluding carboxylic acids is 2. The Hall–Kier alpha value is -2.82. The van der Waals surface area contributed by atoms with Crippen molar-refractivity contribution < 1.29 is 9.59 Å². The van der Waals surface area contributed by atoms with E-state index in [4.69, 9.17) is 0 Å². The maximum absolute atomic E-state index is 12.1. The van der Waals surface area contributed by atoms with Crippen molar-refractivity contribution in [3.63, 3.8) is 0 Å². The summed E-state index contributed by atoms with van der Waals surface area (Å²) in [5.41, 5.74) is 4.54. The van der Waals surface area contributed by atoms with Crippen molar-refractivity contribution in [3.05, 3.63) is 59.2 Å². The largest absolute Gasteiger partial charge is 0.376 e. The third-order valence-electron chi connectivity index (χ3n) is 4.29. The van der Waals surface area contributed by atoms with Gasteiger partial charge in [-0.1, -0.05) is 25.5 Å². The Balaban J connectivity index is 1.85. The molecule has 0 fully saturated rings. The first-order valence-corrected chi connectivity index (χ1v) is 8.99. The number of hydrogen-bond acceptors (Lipinski definition) is 3. The maximum Gasteiger partial charge on any atom is 0.251 e. The topological polar surface area (TPSA) is 70.2 Å². The van der Waals surface area contributed by atoms with E-state index in [1.807, 2.05) is 32.0 Å². The van der Waals surface area contributed by atoms with Crippen LogP contribution in [0, 0.1) is 13.8 Å². The minimum Gasteiger partial charge on any atom is -0.376 e. The molecular formula is C21H27N3O2. The number of benzene rings is 2. The van der Waals surface area contributed by atoms with Gasteiger partial charge in [0.25, 0.3) is 5.91 Å².